The number of unbranched alkanes of at least 4 members (excludes halogenated alkanes) is 1. The second-order valence-corrected chi connectivity index (χ2v) is 9.57. The smallest absolute Gasteiger partial charge is 0.261 e. The molecule has 0 aromatic heterocycles. The molecule has 30 heavy (non-hydrogen) atoms. The van der Waals surface area contributed by atoms with Gasteiger partial charge in [-0.15, -0.1) is 0 Å². The Morgan fingerprint density at radius 3 is 2.60 bits per heavy atom. The molecule has 2 aromatic carbocycles. The zero-order valence-electron chi connectivity index (χ0n) is 17.8. The number of hydrogen-bond acceptors (Lipinski definition) is 4. The molecule has 0 radical (unpaired) electrons. The number of benzene rings is 2. The van der Waals surface area contributed by atoms with Gasteiger partial charge in [-0.3, -0.25) is 9.52 Å². The summed E-state index contributed by atoms with van der Waals surface area (Å²) in [5.74, 6) is -0.185. The van der Waals surface area contributed by atoms with Crippen molar-refractivity contribution < 1.29 is 17.9 Å². The molecule has 1 aliphatic rings. The predicted molar refractivity (Wildman–Crippen MR) is 118 cm³/mol. The van der Waals surface area contributed by atoms with E-state index in [0.717, 1.165) is 19.3 Å². The number of sulfonamides is 1. The van der Waals surface area contributed by atoms with E-state index >= 15 is 0 Å². The van der Waals surface area contributed by atoms with Crippen LogP contribution in [-0.2, 0) is 21.2 Å². The highest BCUT2D eigenvalue weighted by molar-refractivity contribution is 7.92. The van der Waals surface area contributed by atoms with Crippen molar-refractivity contribution in [3.05, 3.63) is 59.7 Å². The Balaban J connectivity index is 1.76. The molecule has 1 amide bonds. The van der Waals surface area contributed by atoms with Gasteiger partial charge >= 0.3 is 0 Å². The van der Waals surface area contributed by atoms with Crippen molar-refractivity contribution in [2.24, 2.45) is 0 Å². The molecule has 1 fully saturated rings. The quantitative estimate of drug-likeness (QED) is 0.718. The van der Waals surface area contributed by atoms with Gasteiger partial charge in [-0.25, -0.2) is 8.42 Å². The van der Waals surface area contributed by atoms with Gasteiger partial charge in [-0.1, -0.05) is 31.5 Å². The maximum Gasteiger partial charge on any atom is 0.261 e. The molecule has 7 heteroatoms. The van der Waals surface area contributed by atoms with Crippen LogP contribution in [0.4, 0.5) is 5.69 Å². The fourth-order valence-corrected chi connectivity index (χ4v) is 4.59. The van der Waals surface area contributed by atoms with E-state index in [2.05, 4.69) is 11.6 Å². The van der Waals surface area contributed by atoms with Crippen LogP contribution in [-0.4, -0.2) is 44.5 Å². The number of hydrogen-bond donors (Lipinski definition) is 1. The van der Waals surface area contributed by atoms with Crippen LogP contribution in [0.15, 0.2) is 53.4 Å². The van der Waals surface area contributed by atoms with E-state index < -0.39 is 10.0 Å². The van der Waals surface area contributed by atoms with Crippen molar-refractivity contribution in [2.75, 3.05) is 17.9 Å². The van der Waals surface area contributed by atoms with Gasteiger partial charge in [0.15, 0.2) is 0 Å². The number of nitrogens with zero attached hydrogens (tertiary/aromatic N) is 1. The van der Waals surface area contributed by atoms with Crippen LogP contribution in [0.3, 0.4) is 0 Å². The van der Waals surface area contributed by atoms with Crippen LogP contribution in [0.5, 0.6) is 0 Å². The highest BCUT2D eigenvalue weighted by Gasteiger charge is 2.29. The number of nitrogens with one attached hydrogen (secondary N) is 1. The van der Waals surface area contributed by atoms with Gasteiger partial charge in [0.2, 0.25) is 0 Å². The second kappa shape index (κ2) is 9.62. The van der Waals surface area contributed by atoms with E-state index in [4.69, 9.17) is 4.74 Å². The first-order valence-corrected chi connectivity index (χ1v) is 11.9. The van der Waals surface area contributed by atoms with Gasteiger partial charge in [0, 0.05) is 17.8 Å². The summed E-state index contributed by atoms with van der Waals surface area (Å²) in [5, 5.41) is 0. The third kappa shape index (κ3) is 5.40. The first kappa shape index (κ1) is 22.3. The Hall–Kier alpha value is -2.38. The molecule has 3 rings (SSSR count). The van der Waals surface area contributed by atoms with Crippen LogP contribution in [0.1, 0.15) is 49.5 Å². The Bertz CT molecular complexity index is 973. The maximum atomic E-state index is 13.0. The SMILES string of the molecule is CCCCc1ccc(NS(=O)(=O)c2cccc(C(=O)N3CC(C)OCC3C)c2)cc1. The highest BCUT2D eigenvalue weighted by atomic mass is 32.2. The largest absolute Gasteiger partial charge is 0.375 e. The van der Waals surface area contributed by atoms with Crippen LogP contribution >= 0.6 is 0 Å². The lowest BCUT2D eigenvalue weighted by Crippen LogP contribution is -2.50. The van der Waals surface area contributed by atoms with Crippen molar-refractivity contribution in [1.29, 1.82) is 0 Å². The molecule has 0 aliphatic carbocycles. The summed E-state index contributed by atoms with van der Waals surface area (Å²) in [6.45, 7) is 6.95. The number of ether oxygens (including phenoxy) is 1. The van der Waals surface area contributed by atoms with Gasteiger partial charge in [0.05, 0.1) is 23.6 Å². The molecule has 0 bridgehead atoms. The predicted octanol–water partition coefficient (Wildman–Crippen LogP) is 4.08. The normalized spacial score (nSPS) is 19.5. The van der Waals surface area contributed by atoms with E-state index in [-0.39, 0.29) is 22.9 Å². The molecule has 1 saturated heterocycles. The topological polar surface area (TPSA) is 75.7 Å². The third-order valence-corrected chi connectivity index (χ3v) is 6.66. The summed E-state index contributed by atoms with van der Waals surface area (Å²) in [6, 6.07) is 13.6. The van der Waals surface area contributed by atoms with Crippen molar-refractivity contribution >= 4 is 21.6 Å². The lowest BCUT2D eigenvalue weighted by atomic mass is 10.1. The van der Waals surface area contributed by atoms with E-state index in [0.29, 0.717) is 24.4 Å². The lowest BCUT2D eigenvalue weighted by molar-refractivity contribution is -0.0387. The van der Waals surface area contributed by atoms with E-state index in [1.807, 2.05) is 26.0 Å². The number of aryl methyl sites for hydroxylation is 1. The molecule has 0 saturated carbocycles. The Labute approximate surface area is 179 Å². The summed E-state index contributed by atoms with van der Waals surface area (Å²) < 4.78 is 33.9. The number of carbonyl (C=O) groups is 1. The van der Waals surface area contributed by atoms with E-state index in [1.165, 1.54) is 17.7 Å². The second-order valence-electron chi connectivity index (χ2n) is 7.88. The van der Waals surface area contributed by atoms with Gasteiger partial charge in [0.25, 0.3) is 15.9 Å². The Morgan fingerprint density at radius 2 is 1.90 bits per heavy atom. The summed E-state index contributed by atoms with van der Waals surface area (Å²) in [7, 11) is -3.80. The van der Waals surface area contributed by atoms with Gasteiger partial charge in [-0.2, -0.15) is 0 Å². The van der Waals surface area contributed by atoms with Crippen molar-refractivity contribution in [1.82, 2.24) is 4.90 Å². The summed E-state index contributed by atoms with van der Waals surface area (Å²) in [4.78, 5) is 14.8. The van der Waals surface area contributed by atoms with Crippen LogP contribution in [0.25, 0.3) is 0 Å². The van der Waals surface area contributed by atoms with Crippen molar-refractivity contribution in [3.8, 4) is 0 Å². The number of rotatable bonds is 7. The Kier molecular flexibility index (Phi) is 7.15. The van der Waals surface area contributed by atoms with Gasteiger partial charge < -0.3 is 9.64 Å². The number of anilines is 1. The molecule has 2 atom stereocenters. The van der Waals surface area contributed by atoms with Gasteiger partial charge in [0.1, 0.15) is 0 Å². The molecular weight excluding hydrogens is 400 g/mol. The van der Waals surface area contributed by atoms with Crippen molar-refractivity contribution in [2.45, 2.75) is 57.1 Å². The summed E-state index contributed by atoms with van der Waals surface area (Å²) in [6.07, 6.45) is 3.16. The lowest BCUT2D eigenvalue weighted by Gasteiger charge is -2.36. The van der Waals surface area contributed by atoms with E-state index in [1.54, 1.807) is 29.2 Å². The molecule has 1 aliphatic heterocycles. The zero-order valence-corrected chi connectivity index (χ0v) is 18.6. The molecule has 0 spiro atoms. The number of morpholine rings is 1. The average molecular weight is 431 g/mol. The van der Waals surface area contributed by atoms with E-state index in [9.17, 15) is 13.2 Å². The molecule has 1 N–H and O–H groups in total. The van der Waals surface area contributed by atoms with Gasteiger partial charge in [-0.05, 0) is 62.6 Å². The average Bonchev–Trinajstić information content (AvgIpc) is 2.74. The minimum atomic E-state index is -3.80. The summed E-state index contributed by atoms with van der Waals surface area (Å²) in [5.41, 5.74) is 2.04. The van der Waals surface area contributed by atoms with Crippen LogP contribution in [0, 0.1) is 0 Å². The van der Waals surface area contributed by atoms with Crippen LogP contribution < -0.4 is 4.72 Å². The minimum Gasteiger partial charge on any atom is -0.375 e. The minimum absolute atomic E-state index is 0.0426. The molecule has 2 unspecified atom stereocenters. The highest BCUT2D eigenvalue weighted by Crippen LogP contribution is 2.21. The fraction of sp³-hybridized carbons (Fsp3) is 0.435. The zero-order chi connectivity index (χ0) is 21.7. The number of carbonyl (C=O) groups excluding carboxylic acids is 1. The Morgan fingerprint density at radius 1 is 1.17 bits per heavy atom. The summed E-state index contributed by atoms with van der Waals surface area (Å²) >= 11 is 0. The van der Waals surface area contributed by atoms with Crippen LogP contribution in [0.2, 0.25) is 0 Å². The molecule has 6 nitrogen and oxygen atoms in total. The monoisotopic (exact) mass is 430 g/mol. The molecule has 162 valence electrons. The molecule has 1 heterocycles. The maximum absolute atomic E-state index is 13.0. The number of amides is 1. The van der Waals surface area contributed by atoms with Crippen molar-refractivity contribution in [3.63, 3.8) is 0 Å². The molecule has 2 aromatic rings. The first-order valence-electron chi connectivity index (χ1n) is 10.4. The molecular formula is C23H30N2O4S. The fourth-order valence-electron chi connectivity index (χ4n) is 3.48. The third-order valence-electron chi connectivity index (χ3n) is 5.29. The first-order chi connectivity index (χ1) is 14.3. The standard InChI is InChI=1S/C23H30N2O4S/c1-4-5-7-19-10-12-21(13-11-19)24-30(27,28)22-9-6-8-20(14-22)23(26)25-15-18(3)29-16-17(25)2/h6,8-14,17-18,24H,4-5,7,15-16H2,1-3H3.